The lowest BCUT2D eigenvalue weighted by molar-refractivity contribution is 0.202. The van der Waals surface area contributed by atoms with Crippen LogP contribution in [0.4, 0.5) is 10.1 Å². The minimum Gasteiger partial charge on any atom is -0.493 e. The maximum atomic E-state index is 13.6. The number of anilines is 1. The van der Waals surface area contributed by atoms with Crippen LogP contribution in [0, 0.1) is 0 Å². The number of furan rings is 1. The molecule has 0 spiro atoms. The Morgan fingerprint density at radius 3 is 2.64 bits per heavy atom. The number of rotatable bonds is 14. The lowest BCUT2D eigenvalue weighted by atomic mass is 10.1. The van der Waals surface area contributed by atoms with Gasteiger partial charge >= 0.3 is 0 Å². The molecule has 0 fully saturated rings. The topological polar surface area (TPSA) is 64.9 Å². The molecule has 3 aromatic rings. The zero-order chi connectivity index (χ0) is 28.2. The van der Waals surface area contributed by atoms with Gasteiger partial charge in [-0.2, -0.15) is 17.0 Å². The molecule has 6 nitrogen and oxygen atoms in total. The van der Waals surface area contributed by atoms with E-state index in [0.29, 0.717) is 23.6 Å². The number of hydrogen-bond donors (Lipinski definition) is 3. The highest BCUT2D eigenvalue weighted by molar-refractivity contribution is 7.80. The Kier molecular flexibility index (Phi) is 11.3. The van der Waals surface area contributed by atoms with Crippen LogP contribution in [0.5, 0.6) is 11.5 Å². The van der Waals surface area contributed by atoms with E-state index in [-0.39, 0.29) is 6.61 Å². The number of ether oxygens (including phenoxy) is 3. The summed E-state index contributed by atoms with van der Waals surface area (Å²) in [6.45, 7) is 11.4. The summed E-state index contributed by atoms with van der Waals surface area (Å²) >= 11 is 4.21. The highest BCUT2D eigenvalue weighted by atomic mass is 32.1. The number of allylic oxidation sites excluding steroid dienone is 2. The van der Waals surface area contributed by atoms with Gasteiger partial charge in [-0.15, -0.1) is 0 Å². The molecule has 0 amide bonds. The van der Waals surface area contributed by atoms with Crippen molar-refractivity contribution in [3.8, 4) is 22.8 Å². The third kappa shape index (κ3) is 8.56. The quantitative estimate of drug-likeness (QED) is 0.106. The van der Waals surface area contributed by atoms with E-state index in [9.17, 15) is 4.39 Å². The van der Waals surface area contributed by atoms with Gasteiger partial charge in [-0.05, 0) is 48.0 Å². The van der Waals surface area contributed by atoms with E-state index >= 15 is 0 Å². The van der Waals surface area contributed by atoms with Crippen molar-refractivity contribution in [3.05, 3.63) is 101 Å². The summed E-state index contributed by atoms with van der Waals surface area (Å²) in [4.78, 5) is 0. The molecule has 1 heterocycles. The van der Waals surface area contributed by atoms with Crippen LogP contribution in [0.25, 0.3) is 23.6 Å². The van der Waals surface area contributed by atoms with Crippen LogP contribution < -0.4 is 30.5 Å². The molecule has 0 radical (unpaired) electrons. The van der Waals surface area contributed by atoms with Crippen molar-refractivity contribution in [1.29, 1.82) is 0 Å². The first-order chi connectivity index (χ1) is 18.9. The molecule has 2 aromatic carbocycles. The van der Waals surface area contributed by atoms with E-state index in [1.807, 2.05) is 43.3 Å². The summed E-state index contributed by atoms with van der Waals surface area (Å²) in [7, 11) is 2.83. The van der Waals surface area contributed by atoms with Gasteiger partial charge < -0.3 is 29.3 Å². The number of thiol groups is 1. The molecule has 0 bridgehead atoms. The fraction of sp³-hybridized carbons (Fsp3) is 0.226. The van der Waals surface area contributed by atoms with Crippen molar-refractivity contribution in [3.63, 3.8) is 0 Å². The van der Waals surface area contributed by atoms with E-state index in [1.165, 1.54) is 13.2 Å². The van der Waals surface area contributed by atoms with Crippen LogP contribution in [0.2, 0.25) is 0 Å². The van der Waals surface area contributed by atoms with Crippen molar-refractivity contribution in [2.45, 2.75) is 13.5 Å². The first kappa shape index (κ1) is 29.7. The first-order valence-electron chi connectivity index (χ1n) is 12.4. The van der Waals surface area contributed by atoms with Gasteiger partial charge in [0.25, 0.3) is 6.01 Å². The fourth-order valence-corrected chi connectivity index (χ4v) is 3.96. The van der Waals surface area contributed by atoms with Gasteiger partial charge in [-0.25, -0.2) is 0 Å². The highest BCUT2D eigenvalue weighted by Gasteiger charge is 2.09. The molecule has 2 N–H and O–H groups in total. The molecule has 0 saturated heterocycles. The Hall–Kier alpha value is -3.88. The van der Waals surface area contributed by atoms with Crippen LogP contribution in [-0.2, 0) is 11.3 Å². The molecule has 0 aliphatic heterocycles. The van der Waals surface area contributed by atoms with Crippen LogP contribution in [0.1, 0.15) is 12.7 Å². The Labute approximate surface area is 234 Å². The fourth-order valence-electron chi connectivity index (χ4n) is 3.80. The second-order valence-corrected chi connectivity index (χ2v) is 9.02. The minimum absolute atomic E-state index is 0.106. The van der Waals surface area contributed by atoms with Gasteiger partial charge in [0.2, 0.25) is 0 Å². The Bertz CT molecular complexity index is 1450. The van der Waals surface area contributed by atoms with Gasteiger partial charge in [0.15, 0.2) is 11.5 Å². The standard InChI is InChI=1S/C31H35FN2O4S/c1-6-7-23(16-31(32)36-5)20-37-29-12-10-25(18-30(29)35-4)34-22(3)27-17-24(9-8-21(27)2)28-13-11-26(38-28)19-33-14-15-39/h6-13,16-18,33-34,39H,1-2,14-15,19-20H2,3-5H3/b23-7+,27-22+,31-16-. The molecule has 0 atom stereocenters. The second kappa shape index (κ2) is 14.9. The molecule has 1 aromatic heterocycles. The average Bonchev–Trinajstić information content (AvgIpc) is 3.41. The van der Waals surface area contributed by atoms with E-state index in [1.54, 1.807) is 25.3 Å². The summed E-state index contributed by atoms with van der Waals surface area (Å²) < 4.78 is 35.6. The predicted molar refractivity (Wildman–Crippen MR) is 160 cm³/mol. The minimum atomic E-state index is -0.716. The Morgan fingerprint density at radius 1 is 1.10 bits per heavy atom. The summed E-state index contributed by atoms with van der Waals surface area (Å²) in [5.41, 5.74) is 3.24. The van der Waals surface area contributed by atoms with Gasteiger partial charge in [0.05, 0.1) is 20.8 Å². The monoisotopic (exact) mass is 550 g/mol. The van der Waals surface area contributed by atoms with Crippen LogP contribution in [0.15, 0.2) is 89.3 Å². The lowest BCUT2D eigenvalue weighted by Crippen LogP contribution is -2.27. The molecular weight excluding hydrogens is 515 g/mol. The normalized spacial score (nSPS) is 12.6. The Morgan fingerprint density at radius 2 is 1.92 bits per heavy atom. The molecule has 0 saturated carbocycles. The average molecular weight is 551 g/mol. The summed E-state index contributed by atoms with van der Waals surface area (Å²) in [6.07, 6.45) is 4.45. The van der Waals surface area contributed by atoms with E-state index < -0.39 is 6.01 Å². The third-order valence-corrected chi connectivity index (χ3v) is 5.99. The van der Waals surface area contributed by atoms with Crippen molar-refractivity contribution in [1.82, 2.24) is 5.32 Å². The smallest absolute Gasteiger partial charge is 0.272 e. The van der Waals surface area contributed by atoms with Crippen molar-refractivity contribution >= 4 is 30.6 Å². The maximum Gasteiger partial charge on any atom is 0.272 e. The highest BCUT2D eigenvalue weighted by Crippen LogP contribution is 2.31. The zero-order valence-corrected chi connectivity index (χ0v) is 23.4. The lowest BCUT2D eigenvalue weighted by Gasteiger charge is -2.14. The number of hydrogen-bond acceptors (Lipinski definition) is 7. The third-order valence-electron chi connectivity index (χ3n) is 5.76. The number of benzene rings is 2. The molecule has 8 heteroatoms. The van der Waals surface area contributed by atoms with Gasteiger partial charge in [-0.3, -0.25) is 0 Å². The van der Waals surface area contributed by atoms with Crippen molar-refractivity contribution in [2.24, 2.45) is 0 Å². The van der Waals surface area contributed by atoms with E-state index in [0.717, 1.165) is 51.2 Å². The molecule has 0 unspecified atom stereocenters. The largest absolute Gasteiger partial charge is 0.493 e. The molecular formula is C31H35FN2O4S. The predicted octanol–water partition coefficient (Wildman–Crippen LogP) is 5.57. The van der Waals surface area contributed by atoms with Gasteiger partial charge in [0.1, 0.15) is 18.1 Å². The number of nitrogens with one attached hydrogen (secondary N) is 2. The van der Waals surface area contributed by atoms with Crippen molar-refractivity contribution < 1.29 is 23.0 Å². The first-order valence-corrected chi connectivity index (χ1v) is 13.0. The van der Waals surface area contributed by atoms with Crippen molar-refractivity contribution in [2.75, 3.05) is 38.4 Å². The van der Waals surface area contributed by atoms with Gasteiger partial charge in [0, 0.05) is 46.6 Å². The van der Waals surface area contributed by atoms with Crippen LogP contribution in [-0.4, -0.2) is 33.1 Å². The SMILES string of the molecule is C=C/C=C(\C=C(\F)OC)COc1ccc(N/C(C)=c2\cc(-c3ccc(CNCCS)o3)ccc2=C)cc1OC. The van der Waals surface area contributed by atoms with E-state index in [4.69, 9.17) is 13.9 Å². The maximum absolute atomic E-state index is 13.6. The molecule has 39 heavy (non-hydrogen) atoms. The van der Waals surface area contributed by atoms with Gasteiger partial charge in [-0.1, -0.05) is 37.4 Å². The summed E-state index contributed by atoms with van der Waals surface area (Å²) in [6, 6.07) is 14.8. The molecule has 3 rings (SSSR count). The number of halogens is 1. The van der Waals surface area contributed by atoms with E-state index in [2.05, 4.69) is 47.2 Å². The van der Waals surface area contributed by atoms with Crippen LogP contribution in [0.3, 0.4) is 0 Å². The summed E-state index contributed by atoms with van der Waals surface area (Å²) in [5, 5.41) is 8.56. The Balaban J connectivity index is 1.80. The summed E-state index contributed by atoms with van der Waals surface area (Å²) in [5.74, 6) is 3.47. The zero-order valence-electron chi connectivity index (χ0n) is 22.6. The van der Waals surface area contributed by atoms with Crippen LogP contribution >= 0.6 is 12.6 Å². The second-order valence-electron chi connectivity index (χ2n) is 8.57. The molecule has 206 valence electrons. The molecule has 0 aliphatic rings. The molecule has 0 aliphatic carbocycles. The number of methoxy groups -OCH3 is 2.